The lowest BCUT2D eigenvalue weighted by Crippen LogP contribution is -2.44. The first-order chi connectivity index (χ1) is 10.3. The van der Waals surface area contributed by atoms with Gasteiger partial charge in [0.15, 0.2) is 0 Å². The Bertz CT molecular complexity index is 499. The Morgan fingerprint density at radius 1 is 1.33 bits per heavy atom. The third kappa shape index (κ3) is 3.76. The normalized spacial score (nSPS) is 21.0. The van der Waals surface area contributed by atoms with Crippen LogP contribution in [0.5, 0.6) is 0 Å². The monoisotopic (exact) mass is 308 g/mol. The van der Waals surface area contributed by atoms with Crippen LogP contribution in [0.4, 0.5) is 0 Å². The number of nitrogens with zero attached hydrogens (tertiary/aromatic N) is 1. The number of carbonyl (C=O) groups excluding carboxylic acids is 1. The van der Waals surface area contributed by atoms with E-state index in [4.69, 9.17) is 16.3 Å². The predicted octanol–water partition coefficient (Wildman–Crippen LogP) is 2.24. The molecule has 1 aliphatic heterocycles. The molecule has 0 bridgehead atoms. The van der Waals surface area contributed by atoms with Crippen LogP contribution < -0.4 is 5.32 Å². The molecule has 4 nitrogen and oxygen atoms in total. The van der Waals surface area contributed by atoms with E-state index in [1.165, 1.54) is 0 Å². The van der Waals surface area contributed by atoms with Crippen molar-refractivity contribution in [1.29, 1.82) is 0 Å². The summed E-state index contributed by atoms with van der Waals surface area (Å²) in [6.07, 6.45) is 2.06. The predicted molar refractivity (Wildman–Crippen MR) is 82.3 cm³/mol. The van der Waals surface area contributed by atoms with Crippen LogP contribution in [-0.2, 0) is 9.53 Å². The molecule has 0 spiro atoms. The van der Waals surface area contributed by atoms with Crippen LogP contribution in [0.1, 0.15) is 24.4 Å². The van der Waals surface area contributed by atoms with E-state index in [1.807, 2.05) is 24.3 Å². The molecule has 1 aromatic rings. The molecule has 1 heterocycles. The SMILES string of the molecule is O=C(NC[C@@H](c1ccccc1Cl)N1CCOCC1)C1CC1. The highest BCUT2D eigenvalue weighted by atomic mass is 35.5. The van der Waals surface area contributed by atoms with Gasteiger partial charge in [-0.05, 0) is 24.5 Å². The van der Waals surface area contributed by atoms with Gasteiger partial charge in [0, 0.05) is 30.6 Å². The Kier molecular flexibility index (Phi) is 4.78. The lowest BCUT2D eigenvalue weighted by atomic mass is 10.0. The zero-order valence-electron chi connectivity index (χ0n) is 12.1. The summed E-state index contributed by atoms with van der Waals surface area (Å²) in [4.78, 5) is 14.3. The Labute approximate surface area is 130 Å². The van der Waals surface area contributed by atoms with E-state index in [1.54, 1.807) is 0 Å². The zero-order valence-corrected chi connectivity index (χ0v) is 12.8. The van der Waals surface area contributed by atoms with E-state index in [-0.39, 0.29) is 17.9 Å². The quantitative estimate of drug-likeness (QED) is 0.907. The van der Waals surface area contributed by atoms with Gasteiger partial charge >= 0.3 is 0 Å². The van der Waals surface area contributed by atoms with Gasteiger partial charge in [-0.2, -0.15) is 0 Å². The van der Waals surface area contributed by atoms with Crippen LogP contribution in [0.3, 0.4) is 0 Å². The fraction of sp³-hybridized carbons (Fsp3) is 0.562. The average Bonchev–Trinajstić information content (AvgIpc) is 3.35. The minimum atomic E-state index is 0.116. The molecule has 1 aliphatic carbocycles. The topological polar surface area (TPSA) is 41.6 Å². The van der Waals surface area contributed by atoms with Crippen molar-refractivity contribution in [2.24, 2.45) is 5.92 Å². The number of morpholine rings is 1. The maximum Gasteiger partial charge on any atom is 0.223 e. The first kappa shape index (κ1) is 14.8. The minimum absolute atomic E-state index is 0.116. The molecule has 114 valence electrons. The highest BCUT2D eigenvalue weighted by molar-refractivity contribution is 6.31. The molecule has 0 unspecified atom stereocenters. The zero-order chi connectivity index (χ0) is 14.7. The molecule has 1 amide bonds. The van der Waals surface area contributed by atoms with Crippen LogP contribution in [0.2, 0.25) is 5.02 Å². The number of ether oxygens (including phenoxy) is 1. The lowest BCUT2D eigenvalue weighted by molar-refractivity contribution is -0.122. The molecule has 3 rings (SSSR count). The third-order valence-corrected chi connectivity index (χ3v) is 4.51. The fourth-order valence-corrected chi connectivity index (χ4v) is 3.02. The Balaban J connectivity index is 1.73. The lowest BCUT2D eigenvalue weighted by Gasteiger charge is -2.35. The van der Waals surface area contributed by atoms with Crippen LogP contribution >= 0.6 is 11.6 Å². The molecule has 1 N–H and O–H groups in total. The molecule has 1 saturated heterocycles. The van der Waals surface area contributed by atoms with Gasteiger partial charge in [0.1, 0.15) is 0 Å². The first-order valence-electron chi connectivity index (χ1n) is 7.59. The van der Waals surface area contributed by atoms with Crippen molar-refractivity contribution in [1.82, 2.24) is 10.2 Å². The molecule has 1 atom stereocenters. The largest absolute Gasteiger partial charge is 0.379 e. The van der Waals surface area contributed by atoms with Crippen LogP contribution in [-0.4, -0.2) is 43.7 Å². The highest BCUT2D eigenvalue weighted by Gasteiger charge is 2.31. The smallest absolute Gasteiger partial charge is 0.223 e. The summed E-state index contributed by atoms with van der Waals surface area (Å²) in [5.41, 5.74) is 1.08. The summed E-state index contributed by atoms with van der Waals surface area (Å²) >= 11 is 6.36. The van der Waals surface area contributed by atoms with Crippen molar-refractivity contribution in [3.05, 3.63) is 34.9 Å². The van der Waals surface area contributed by atoms with Crippen molar-refractivity contribution in [3.63, 3.8) is 0 Å². The first-order valence-corrected chi connectivity index (χ1v) is 7.97. The second-order valence-electron chi connectivity index (χ2n) is 5.71. The standard InChI is InChI=1S/C16H21ClN2O2/c17-14-4-2-1-3-13(14)15(19-7-9-21-10-8-19)11-18-16(20)12-5-6-12/h1-4,12,15H,5-11H2,(H,18,20)/t15-/m0/s1. The van der Waals surface area contributed by atoms with Gasteiger partial charge in [-0.1, -0.05) is 29.8 Å². The van der Waals surface area contributed by atoms with Crippen molar-refractivity contribution in [2.75, 3.05) is 32.8 Å². The van der Waals surface area contributed by atoms with Crippen LogP contribution in [0, 0.1) is 5.92 Å². The number of carbonyl (C=O) groups is 1. The average molecular weight is 309 g/mol. The second-order valence-corrected chi connectivity index (χ2v) is 6.11. The van der Waals surface area contributed by atoms with Gasteiger partial charge in [0.25, 0.3) is 0 Å². The number of benzene rings is 1. The Hall–Kier alpha value is -1.10. The van der Waals surface area contributed by atoms with Gasteiger partial charge in [-0.15, -0.1) is 0 Å². The maximum atomic E-state index is 11.9. The molecule has 2 aliphatic rings. The van der Waals surface area contributed by atoms with E-state index in [9.17, 15) is 4.79 Å². The van der Waals surface area contributed by atoms with E-state index < -0.39 is 0 Å². The molecule has 2 fully saturated rings. The van der Waals surface area contributed by atoms with Crippen molar-refractivity contribution < 1.29 is 9.53 Å². The Morgan fingerprint density at radius 2 is 2.05 bits per heavy atom. The van der Waals surface area contributed by atoms with Gasteiger partial charge in [0.05, 0.1) is 19.3 Å². The molecule has 1 saturated carbocycles. The molecule has 5 heteroatoms. The molecule has 21 heavy (non-hydrogen) atoms. The van der Waals surface area contributed by atoms with Crippen LogP contribution in [0.15, 0.2) is 24.3 Å². The minimum Gasteiger partial charge on any atom is -0.379 e. The van der Waals surface area contributed by atoms with E-state index in [2.05, 4.69) is 10.2 Å². The fourth-order valence-electron chi connectivity index (χ4n) is 2.76. The third-order valence-electron chi connectivity index (χ3n) is 4.17. The summed E-state index contributed by atoms with van der Waals surface area (Å²) in [7, 11) is 0. The number of rotatable bonds is 5. The molecular weight excluding hydrogens is 288 g/mol. The highest BCUT2D eigenvalue weighted by Crippen LogP contribution is 2.30. The Morgan fingerprint density at radius 3 is 2.71 bits per heavy atom. The molecular formula is C16H21ClN2O2. The summed E-state index contributed by atoms with van der Waals surface area (Å²) in [5, 5.41) is 3.85. The summed E-state index contributed by atoms with van der Waals surface area (Å²) in [6.45, 7) is 3.82. The van der Waals surface area contributed by atoms with Gasteiger partial charge < -0.3 is 10.1 Å². The summed E-state index contributed by atoms with van der Waals surface area (Å²) < 4.78 is 5.43. The van der Waals surface area contributed by atoms with Crippen molar-refractivity contribution in [2.45, 2.75) is 18.9 Å². The van der Waals surface area contributed by atoms with E-state index in [0.29, 0.717) is 6.54 Å². The van der Waals surface area contributed by atoms with Gasteiger partial charge in [-0.3, -0.25) is 9.69 Å². The number of amides is 1. The summed E-state index contributed by atoms with van der Waals surface area (Å²) in [6, 6.07) is 8.01. The van der Waals surface area contributed by atoms with Crippen LogP contribution in [0.25, 0.3) is 0 Å². The molecule has 0 radical (unpaired) electrons. The van der Waals surface area contributed by atoms with E-state index in [0.717, 1.165) is 49.7 Å². The van der Waals surface area contributed by atoms with Gasteiger partial charge in [-0.25, -0.2) is 0 Å². The maximum absolute atomic E-state index is 11.9. The second kappa shape index (κ2) is 6.77. The molecule has 0 aromatic heterocycles. The number of hydrogen-bond acceptors (Lipinski definition) is 3. The number of hydrogen-bond donors (Lipinski definition) is 1. The summed E-state index contributed by atoms with van der Waals surface area (Å²) in [5.74, 6) is 0.418. The van der Waals surface area contributed by atoms with E-state index >= 15 is 0 Å². The number of halogens is 1. The van der Waals surface area contributed by atoms with Crippen molar-refractivity contribution >= 4 is 17.5 Å². The van der Waals surface area contributed by atoms with Gasteiger partial charge in [0.2, 0.25) is 5.91 Å². The number of nitrogens with one attached hydrogen (secondary N) is 1. The molecule has 1 aromatic carbocycles. The van der Waals surface area contributed by atoms with Crippen molar-refractivity contribution in [3.8, 4) is 0 Å².